The normalized spacial score (nSPS) is 19.2. The average Bonchev–Trinajstić information content (AvgIpc) is 2.72. The summed E-state index contributed by atoms with van der Waals surface area (Å²) in [5.41, 5.74) is 0. The molecule has 1 saturated heterocycles. The van der Waals surface area contributed by atoms with Gasteiger partial charge < -0.3 is 19.8 Å². The molecule has 0 aromatic rings. The van der Waals surface area contributed by atoms with Gasteiger partial charge in [-0.15, -0.1) is 6.58 Å². The van der Waals surface area contributed by atoms with Gasteiger partial charge in [0.05, 0.1) is 0 Å². The van der Waals surface area contributed by atoms with Crippen LogP contribution in [0.3, 0.4) is 0 Å². The van der Waals surface area contributed by atoms with Gasteiger partial charge in [-0.1, -0.05) is 6.08 Å². The molecule has 0 bridgehead atoms. The maximum absolute atomic E-state index is 12.2. The standard InChI is InChI=1S/C13H23N3O3/c1-4-6-16(10-12(17)18)13(19)15(3)9-11-5-7-14(2)8-11/h4,11H,1,5-10H2,2-3H3,(H,17,18). The number of urea groups is 1. The van der Waals surface area contributed by atoms with Gasteiger partial charge >= 0.3 is 12.0 Å². The Morgan fingerprint density at radius 1 is 1.53 bits per heavy atom. The van der Waals surface area contributed by atoms with Crippen molar-refractivity contribution in [3.63, 3.8) is 0 Å². The molecule has 0 saturated carbocycles. The van der Waals surface area contributed by atoms with E-state index in [2.05, 4.69) is 18.5 Å². The second-order valence-electron chi connectivity index (χ2n) is 5.14. The van der Waals surface area contributed by atoms with Crippen molar-refractivity contribution >= 4 is 12.0 Å². The monoisotopic (exact) mass is 269 g/mol. The maximum atomic E-state index is 12.2. The Hall–Kier alpha value is -1.56. The molecule has 0 radical (unpaired) electrons. The van der Waals surface area contributed by atoms with Crippen LogP contribution in [-0.4, -0.2) is 78.6 Å². The molecule has 0 spiro atoms. The molecule has 2 amide bonds. The minimum Gasteiger partial charge on any atom is -0.480 e. The van der Waals surface area contributed by atoms with Gasteiger partial charge in [-0.05, 0) is 25.9 Å². The van der Waals surface area contributed by atoms with Crippen LogP contribution in [0, 0.1) is 5.92 Å². The molecular weight excluding hydrogens is 246 g/mol. The highest BCUT2D eigenvalue weighted by atomic mass is 16.4. The van der Waals surface area contributed by atoms with Crippen molar-refractivity contribution in [2.24, 2.45) is 5.92 Å². The van der Waals surface area contributed by atoms with Crippen LogP contribution in [0.2, 0.25) is 0 Å². The van der Waals surface area contributed by atoms with E-state index in [-0.39, 0.29) is 19.1 Å². The molecular formula is C13H23N3O3. The van der Waals surface area contributed by atoms with E-state index in [1.54, 1.807) is 11.9 Å². The van der Waals surface area contributed by atoms with Gasteiger partial charge in [0, 0.05) is 26.7 Å². The first-order valence-electron chi connectivity index (χ1n) is 6.45. The zero-order valence-corrected chi connectivity index (χ0v) is 11.7. The molecule has 1 N–H and O–H groups in total. The lowest BCUT2D eigenvalue weighted by Gasteiger charge is -2.28. The minimum absolute atomic E-state index is 0.250. The number of nitrogens with zero attached hydrogens (tertiary/aromatic N) is 3. The van der Waals surface area contributed by atoms with Gasteiger partial charge in [-0.2, -0.15) is 0 Å². The minimum atomic E-state index is -1.01. The van der Waals surface area contributed by atoms with E-state index in [1.807, 2.05) is 0 Å². The summed E-state index contributed by atoms with van der Waals surface area (Å²) >= 11 is 0. The van der Waals surface area contributed by atoms with Crippen LogP contribution in [0.5, 0.6) is 0 Å². The topological polar surface area (TPSA) is 64.1 Å². The molecule has 1 aliphatic rings. The average molecular weight is 269 g/mol. The molecule has 1 aliphatic heterocycles. The van der Waals surface area contributed by atoms with Crippen molar-refractivity contribution in [1.82, 2.24) is 14.7 Å². The van der Waals surface area contributed by atoms with Crippen molar-refractivity contribution in [3.05, 3.63) is 12.7 Å². The van der Waals surface area contributed by atoms with Crippen LogP contribution in [-0.2, 0) is 4.79 Å². The quantitative estimate of drug-likeness (QED) is 0.716. The van der Waals surface area contributed by atoms with Crippen molar-refractivity contribution in [2.45, 2.75) is 6.42 Å². The highest BCUT2D eigenvalue weighted by molar-refractivity contribution is 5.80. The molecule has 6 nitrogen and oxygen atoms in total. The first-order valence-corrected chi connectivity index (χ1v) is 6.45. The number of carbonyl (C=O) groups excluding carboxylic acids is 1. The van der Waals surface area contributed by atoms with Gasteiger partial charge in [0.15, 0.2) is 0 Å². The molecule has 0 aromatic carbocycles. The Balaban J connectivity index is 2.52. The largest absolute Gasteiger partial charge is 0.480 e. The summed E-state index contributed by atoms with van der Waals surface area (Å²) in [6, 6.07) is -0.253. The predicted molar refractivity (Wildman–Crippen MR) is 73.0 cm³/mol. The molecule has 1 fully saturated rings. The third kappa shape index (κ3) is 4.90. The summed E-state index contributed by atoms with van der Waals surface area (Å²) in [6.45, 7) is 6.21. The molecule has 1 heterocycles. The lowest BCUT2D eigenvalue weighted by Crippen LogP contribution is -2.45. The third-order valence-corrected chi connectivity index (χ3v) is 3.29. The zero-order chi connectivity index (χ0) is 14.4. The molecule has 19 heavy (non-hydrogen) atoms. The molecule has 6 heteroatoms. The number of likely N-dealkylation sites (tertiary alicyclic amines) is 1. The van der Waals surface area contributed by atoms with Gasteiger partial charge in [-0.25, -0.2) is 4.79 Å². The fourth-order valence-electron chi connectivity index (χ4n) is 2.41. The van der Waals surface area contributed by atoms with Gasteiger partial charge in [-0.3, -0.25) is 4.79 Å². The Morgan fingerprint density at radius 2 is 2.21 bits per heavy atom. The second-order valence-corrected chi connectivity index (χ2v) is 5.14. The summed E-state index contributed by atoms with van der Waals surface area (Å²) in [5.74, 6) is -0.543. The smallest absolute Gasteiger partial charge is 0.323 e. The number of aliphatic carboxylic acids is 1. The summed E-state index contributed by atoms with van der Waals surface area (Å²) in [7, 11) is 3.79. The lowest BCUT2D eigenvalue weighted by atomic mass is 10.1. The van der Waals surface area contributed by atoms with Crippen LogP contribution in [0.1, 0.15) is 6.42 Å². The number of hydrogen-bond donors (Lipinski definition) is 1. The maximum Gasteiger partial charge on any atom is 0.323 e. The van der Waals surface area contributed by atoms with E-state index in [4.69, 9.17) is 5.11 Å². The highest BCUT2D eigenvalue weighted by Crippen LogP contribution is 2.15. The Labute approximate surface area is 114 Å². The first-order chi connectivity index (χ1) is 8.93. The van der Waals surface area contributed by atoms with E-state index in [9.17, 15) is 9.59 Å². The van der Waals surface area contributed by atoms with Crippen LogP contribution in [0.15, 0.2) is 12.7 Å². The van der Waals surface area contributed by atoms with E-state index in [0.29, 0.717) is 12.5 Å². The fraction of sp³-hybridized carbons (Fsp3) is 0.692. The van der Waals surface area contributed by atoms with Crippen molar-refractivity contribution in [3.8, 4) is 0 Å². The Bertz CT molecular complexity index is 346. The molecule has 1 unspecified atom stereocenters. The Morgan fingerprint density at radius 3 is 2.68 bits per heavy atom. The number of carbonyl (C=O) groups is 2. The Kier molecular flexibility index (Phi) is 5.82. The molecule has 0 aromatic heterocycles. The zero-order valence-electron chi connectivity index (χ0n) is 11.7. The molecule has 1 atom stereocenters. The highest BCUT2D eigenvalue weighted by Gasteiger charge is 2.25. The van der Waals surface area contributed by atoms with E-state index >= 15 is 0 Å². The third-order valence-electron chi connectivity index (χ3n) is 3.29. The number of carboxylic acids is 1. The summed E-state index contributed by atoms with van der Waals surface area (Å²) in [6.07, 6.45) is 2.62. The molecule has 108 valence electrons. The van der Waals surface area contributed by atoms with E-state index < -0.39 is 5.97 Å². The summed E-state index contributed by atoms with van der Waals surface area (Å²) in [5, 5.41) is 8.81. The van der Waals surface area contributed by atoms with E-state index in [0.717, 1.165) is 19.5 Å². The van der Waals surface area contributed by atoms with Crippen molar-refractivity contribution in [1.29, 1.82) is 0 Å². The fourth-order valence-corrected chi connectivity index (χ4v) is 2.41. The van der Waals surface area contributed by atoms with Crippen LogP contribution in [0.25, 0.3) is 0 Å². The van der Waals surface area contributed by atoms with E-state index in [1.165, 1.54) is 11.0 Å². The number of rotatable bonds is 6. The van der Waals surface area contributed by atoms with Crippen molar-refractivity contribution < 1.29 is 14.7 Å². The van der Waals surface area contributed by atoms with Gasteiger partial charge in [0.2, 0.25) is 0 Å². The number of amides is 2. The SMILES string of the molecule is C=CCN(CC(=O)O)C(=O)N(C)CC1CCN(C)C1. The first kappa shape index (κ1) is 15.5. The van der Waals surface area contributed by atoms with Gasteiger partial charge in [0.1, 0.15) is 6.54 Å². The van der Waals surface area contributed by atoms with Crippen molar-refractivity contribution in [2.75, 3.05) is 46.8 Å². The van der Waals surface area contributed by atoms with Gasteiger partial charge in [0.25, 0.3) is 0 Å². The molecule has 1 rings (SSSR count). The summed E-state index contributed by atoms with van der Waals surface area (Å²) < 4.78 is 0. The lowest BCUT2D eigenvalue weighted by molar-refractivity contribution is -0.137. The molecule has 0 aliphatic carbocycles. The van der Waals surface area contributed by atoms with Crippen LogP contribution >= 0.6 is 0 Å². The number of carboxylic acid groups (broad SMARTS) is 1. The van der Waals surface area contributed by atoms with Crippen LogP contribution in [0.4, 0.5) is 4.79 Å². The predicted octanol–water partition coefficient (Wildman–Crippen LogP) is 0.563. The number of hydrogen-bond acceptors (Lipinski definition) is 3. The second kappa shape index (κ2) is 7.13. The summed E-state index contributed by atoms with van der Waals surface area (Å²) in [4.78, 5) is 28.0. The van der Waals surface area contributed by atoms with Crippen LogP contribution < -0.4 is 0 Å².